The number of halogens is 3. The summed E-state index contributed by atoms with van der Waals surface area (Å²) in [5.41, 5.74) is 0.0629. The molecular weight excluding hydrogens is 153 g/mol. The molecule has 0 aromatic carbocycles. The lowest BCUT2D eigenvalue weighted by Crippen LogP contribution is -2.09. The van der Waals surface area contributed by atoms with Crippen LogP contribution < -0.4 is 0 Å². The summed E-state index contributed by atoms with van der Waals surface area (Å²) in [5.74, 6) is 0. The highest BCUT2D eigenvalue weighted by molar-refractivity contribution is 5.25. The highest BCUT2D eigenvalue weighted by atomic mass is 19.4. The summed E-state index contributed by atoms with van der Waals surface area (Å²) < 4.78 is 35.9. The van der Waals surface area contributed by atoms with E-state index in [1.165, 1.54) is 6.92 Å². The molecule has 0 spiro atoms. The van der Waals surface area contributed by atoms with E-state index in [1.807, 2.05) is 0 Å². The number of hydrogen-bond donors (Lipinski definition) is 0. The SMILES string of the molecule is C/C=C(\C=C(C)C)C(F)(F)F. The van der Waals surface area contributed by atoms with Crippen molar-refractivity contribution in [1.82, 2.24) is 0 Å². The third-order valence-corrected chi connectivity index (χ3v) is 1.08. The van der Waals surface area contributed by atoms with Gasteiger partial charge in [0.05, 0.1) is 5.57 Å². The van der Waals surface area contributed by atoms with Gasteiger partial charge in [-0.2, -0.15) is 13.2 Å². The van der Waals surface area contributed by atoms with E-state index in [0.717, 1.165) is 12.2 Å². The van der Waals surface area contributed by atoms with Crippen LogP contribution in [-0.2, 0) is 0 Å². The molecule has 0 saturated carbocycles. The van der Waals surface area contributed by atoms with Crippen molar-refractivity contribution < 1.29 is 13.2 Å². The van der Waals surface area contributed by atoms with Gasteiger partial charge in [-0.05, 0) is 20.8 Å². The Morgan fingerprint density at radius 1 is 1.18 bits per heavy atom. The van der Waals surface area contributed by atoms with Crippen LogP contribution in [-0.4, -0.2) is 6.18 Å². The van der Waals surface area contributed by atoms with E-state index in [-0.39, 0.29) is 0 Å². The van der Waals surface area contributed by atoms with Crippen LogP contribution in [0.15, 0.2) is 23.3 Å². The highest BCUT2D eigenvalue weighted by Crippen LogP contribution is 2.26. The number of hydrogen-bond acceptors (Lipinski definition) is 0. The van der Waals surface area contributed by atoms with Crippen LogP contribution in [0.3, 0.4) is 0 Å². The molecule has 3 heteroatoms. The predicted molar refractivity (Wildman–Crippen MR) is 39.2 cm³/mol. The van der Waals surface area contributed by atoms with E-state index < -0.39 is 11.7 Å². The first-order chi connectivity index (χ1) is 4.88. The fourth-order valence-electron chi connectivity index (χ4n) is 0.640. The van der Waals surface area contributed by atoms with Gasteiger partial charge >= 0.3 is 6.18 Å². The largest absolute Gasteiger partial charge is 0.416 e. The summed E-state index contributed by atoms with van der Waals surface area (Å²) in [6.45, 7) is 4.65. The molecule has 0 aliphatic rings. The van der Waals surface area contributed by atoms with Gasteiger partial charge in [-0.3, -0.25) is 0 Å². The van der Waals surface area contributed by atoms with Crippen molar-refractivity contribution in [3.8, 4) is 0 Å². The monoisotopic (exact) mass is 164 g/mol. The Labute approximate surface area is 64.4 Å². The van der Waals surface area contributed by atoms with Crippen molar-refractivity contribution in [2.45, 2.75) is 26.9 Å². The molecule has 0 amide bonds. The van der Waals surface area contributed by atoms with Gasteiger partial charge in [0, 0.05) is 0 Å². The fraction of sp³-hybridized carbons (Fsp3) is 0.500. The Morgan fingerprint density at radius 3 is 1.73 bits per heavy atom. The van der Waals surface area contributed by atoms with E-state index in [2.05, 4.69) is 0 Å². The maximum atomic E-state index is 12.0. The first kappa shape index (κ1) is 10.3. The van der Waals surface area contributed by atoms with E-state index in [1.54, 1.807) is 13.8 Å². The van der Waals surface area contributed by atoms with Gasteiger partial charge in [-0.15, -0.1) is 0 Å². The molecule has 0 saturated heterocycles. The maximum Gasteiger partial charge on any atom is 0.416 e. The minimum atomic E-state index is -4.22. The Morgan fingerprint density at radius 2 is 1.64 bits per heavy atom. The van der Waals surface area contributed by atoms with Crippen molar-refractivity contribution >= 4 is 0 Å². The maximum absolute atomic E-state index is 12.0. The predicted octanol–water partition coefficient (Wildman–Crippen LogP) is 3.46. The van der Waals surface area contributed by atoms with Gasteiger partial charge in [0.1, 0.15) is 0 Å². The normalized spacial score (nSPS) is 13.1. The van der Waals surface area contributed by atoms with E-state index in [9.17, 15) is 13.2 Å². The lowest BCUT2D eigenvalue weighted by atomic mass is 10.2. The molecule has 0 aliphatic carbocycles. The second-order valence-electron chi connectivity index (χ2n) is 2.46. The summed E-state index contributed by atoms with van der Waals surface area (Å²) in [7, 11) is 0. The molecule has 0 aromatic rings. The van der Waals surface area contributed by atoms with Crippen LogP contribution in [0.25, 0.3) is 0 Å². The molecule has 0 atom stereocenters. The van der Waals surface area contributed by atoms with E-state index >= 15 is 0 Å². The van der Waals surface area contributed by atoms with Gasteiger partial charge in [-0.1, -0.05) is 17.7 Å². The average molecular weight is 164 g/mol. The summed E-state index contributed by atoms with van der Waals surface area (Å²) in [6, 6.07) is 0. The van der Waals surface area contributed by atoms with Crippen LogP contribution >= 0.6 is 0 Å². The number of allylic oxidation sites excluding steroid dienone is 4. The smallest absolute Gasteiger partial charge is 0.166 e. The van der Waals surface area contributed by atoms with Crippen LogP contribution in [0, 0.1) is 0 Å². The zero-order chi connectivity index (χ0) is 9.07. The topological polar surface area (TPSA) is 0 Å². The molecule has 0 fully saturated rings. The summed E-state index contributed by atoms with van der Waals surface area (Å²) >= 11 is 0. The first-order valence-corrected chi connectivity index (χ1v) is 3.26. The Hall–Kier alpha value is -0.730. The molecule has 0 nitrogen and oxygen atoms in total. The summed E-state index contributed by atoms with van der Waals surface area (Å²) in [4.78, 5) is 0. The van der Waals surface area contributed by atoms with E-state index in [4.69, 9.17) is 0 Å². The van der Waals surface area contributed by atoms with Gasteiger partial charge in [0.25, 0.3) is 0 Å². The molecule has 0 heterocycles. The second kappa shape index (κ2) is 3.60. The zero-order valence-electron chi connectivity index (χ0n) is 6.79. The molecule has 0 radical (unpaired) electrons. The molecule has 0 bridgehead atoms. The fourth-order valence-corrected chi connectivity index (χ4v) is 0.640. The molecule has 0 aromatic heterocycles. The minimum Gasteiger partial charge on any atom is -0.166 e. The molecule has 64 valence electrons. The summed E-state index contributed by atoms with van der Waals surface area (Å²) in [6.07, 6.45) is -2.03. The number of rotatable bonds is 1. The quantitative estimate of drug-likeness (QED) is 0.520. The van der Waals surface area contributed by atoms with Crippen LogP contribution in [0.1, 0.15) is 20.8 Å². The van der Waals surface area contributed by atoms with E-state index in [0.29, 0.717) is 5.57 Å². The Kier molecular flexibility index (Phi) is 3.36. The van der Waals surface area contributed by atoms with Gasteiger partial charge < -0.3 is 0 Å². The molecule has 0 unspecified atom stereocenters. The Bertz CT molecular complexity index is 180. The van der Waals surface area contributed by atoms with Gasteiger partial charge in [-0.25, -0.2) is 0 Å². The lowest BCUT2D eigenvalue weighted by molar-refractivity contribution is -0.0883. The molecule has 0 N–H and O–H groups in total. The van der Waals surface area contributed by atoms with Crippen molar-refractivity contribution in [2.24, 2.45) is 0 Å². The van der Waals surface area contributed by atoms with Crippen LogP contribution in [0.4, 0.5) is 13.2 Å². The zero-order valence-corrected chi connectivity index (χ0v) is 6.79. The molecule has 0 aliphatic heterocycles. The summed E-state index contributed by atoms with van der Waals surface area (Å²) in [5, 5.41) is 0. The highest BCUT2D eigenvalue weighted by Gasteiger charge is 2.30. The number of alkyl halides is 3. The molecular formula is C8H11F3. The van der Waals surface area contributed by atoms with Gasteiger partial charge in [0.2, 0.25) is 0 Å². The average Bonchev–Trinajstić information content (AvgIpc) is 1.79. The van der Waals surface area contributed by atoms with Crippen molar-refractivity contribution in [2.75, 3.05) is 0 Å². The van der Waals surface area contributed by atoms with Crippen LogP contribution in [0.5, 0.6) is 0 Å². The van der Waals surface area contributed by atoms with Crippen molar-refractivity contribution in [1.29, 1.82) is 0 Å². The third kappa shape index (κ3) is 3.86. The van der Waals surface area contributed by atoms with Crippen molar-refractivity contribution in [3.63, 3.8) is 0 Å². The van der Waals surface area contributed by atoms with Crippen LogP contribution in [0.2, 0.25) is 0 Å². The Balaban J connectivity index is 4.60. The standard InChI is InChI=1S/C8H11F3/c1-4-7(5-6(2)3)8(9,10)11/h4-5H,1-3H3/b7-4+. The van der Waals surface area contributed by atoms with Crippen molar-refractivity contribution in [3.05, 3.63) is 23.3 Å². The second-order valence-corrected chi connectivity index (χ2v) is 2.46. The van der Waals surface area contributed by atoms with Gasteiger partial charge in [0.15, 0.2) is 0 Å². The molecule has 0 rings (SSSR count). The molecule has 11 heavy (non-hydrogen) atoms. The lowest BCUT2D eigenvalue weighted by Gasteiger charge is -2.06. The first-order valence-electron chi connectivity index (χ1n) is 3.26. The third-order valence-electron chi connectivity index (χ3n) is 1.08. The minimum absolute atomic E-state index is 0.586.